The van der Waals surface area contributed by atoms with E-state index in [4.69, 9.17) is 9.84 Å². The maximum Gasteiger partial charge on any atom is 0.404 e. The Balaban J connectivity index is 2.17. The van der Waals surface area contributed by atoms with Crippen LogP contribution in [0, 0.1) is 17.5 Å². The van der Waals surface area contributed by atoms with E-state index in [1.54, 1.807) is 20.8 Å². The Morgan fingerprint density at radius 1 is 1.26 bits per heavy atom. The van der Waals surface area contributed by atoms with Crippen molar-refractivity contribution in [2.75, 3.05) is 19.7 Å². The number of nitrogens with zero attached hydrogens (tertiary/aromatic N) is 1. The van der Waals surface area contributed by atoms with E-state index in [1.807, 2.05) is 0 Å². The molecule has 8 nitrogen and oxygen atoms in total. The predicted octanol–water partition coefficient (Wildman–Crippen LogP) is 1.81. The predicted molar refractivity (Wildman–Crippen MR) is 104 cm³/mol. The van der Waals surface area contributed by atoms with Gasteiger partial charge in [-0.05, 0) is 38.8 Å². The van der Waals surface area contributed by atoms with Gasteiger partial charge in [-0.25, -0.2) is 18.0 Å². The summed E-state index contributed by atoms with van der Waals surface area (Å²) < 4.78 is 46.3. The van der Waals surface area contributed by atoms with Crippen LogP contribution < -0.4 is 10.6 Å². The van der Waals surface area contributed by atoms with Gasteiger partial charge >= 0.3 is 6.09 Å². The summed E-state index contributed by atoms with van der Waals surface area (Å²) in [5, 5.41) is 13.8. The quantitative estimate of drug-likeness (QED) is 0.555. The highest BCUT2D eigenvalue weighted by Crippen LogP contribution is 2.18. The Kier molecular flexibility index (Phi) is 7.88. The van der Waals surface area contributed by atoms with Crippen LogP contribution >= 0.6 is 0 Å². The van der Waals surface area contributed by atoms with Crippen molar-refractivity contribution in [3.8, 4) is 0 Å². The molecular formula is C20H26F3N3O5. The van der Waals surface area contributed by atoms with E-state index in [-0.39, 0.29) is 31.7 Å². The largest absolute Gasteiger partial charge is 0.465 e. The van der Waals surface area contributed by atoms with Crippen molar-refractivity contribution in [2.45, 2.75) is 51.3 Å². The van der Waals surface area contributed by atoms with Gasteiger partial charge in [-0.15, -0.1) is 0 Å². The number of carbonyl (C=O) groups is 3. The zero-order chi connectivity index (χ0) is 23.3. The lowest BCUT2D eigenvalue weighted by molar-refractivity contribution is -0.148. The van der Waals surface area contributed by atoms with E-state index >= 15 is 0 Å². The minimum atomic E-state index is -1.47. The first kappa shape index (κ1) is 24.4. The third-order valence-electron chi connectivity index (χ3n) is 4.63. The number of benzene rings is 1. The number of halogens is 3. The van der Waals surface area contributed by atoms with Crippen LogP contribution in [0.25, 0.3) is 0 Å². The van der Waals surface area contributed by atoms with Gasteiger partial charge in [-0.1, -0.05) is 0 Å². The molecular weight excluding hydrogens is 419 g/mol. The smallest absolute Gasteiger partial charge is 0.404 e. The van der Waals surface area contributed by atoms with E-state index in [0.717, 1.165) is 0 Å². The molecule has 2 rings (SSSR count). The first-order chi connectivity index (χ1) is 14.4. The number of nitrogens with one attached hydrogen (secondary N) is 2. The summed E-state index contributed by atoms with van der Waals surface area (Å²) in [6, 6.07) is -1.05. The van der Waals surface area contributed by atoms with Gasteiger partial charge in [0.1, 0.15) is 11.9 Å². The van der Waals surface area contributed by atoms with Gasteiger partial charge in [-0.3, -0.25) is 9.59 Å². The van der Waals surface area contributed by atoms with Crippen molar-refractivity contribution in [3.63, 3.8) is 0 Å². The average Bonchev–Trinajstić information content (AvgIpc) is 2.63. The van der Waals surface area contributed by atoms with Crippen LogP contribution in [0.4, 0.5) is 18.0 Å². The maximum absolute atomic E-state index is 14.0. The van der Waals surface area contributed by atoms with Gasteiger partial charge in [0, 0.05) is 31.6 Å². The summed E-state index contributed by atoms with van der Waals surface area (Å²) in [6.07, 6.45) is -2.27. The molecule has 172 valence electrons. The number of carbonyl (C=O) groups excluding carboxylic acids is 2. The zero-order valence-corrected chi connectivity index (χ0v) is 17.5. The van der Waals surface area contributed by atoms with Crippen LogP contribution in [0.5, 0.6) is 0 Å². The molecule has 3 N–H and O–H groups in total. The van der Waals surface area contributed by atoms with Gasteiger partial charge in [-0.2, -0.15) is 0 Å². The van der Waals surface area contributed by atoms with Crippen LogP contribution in [0.3, 0.4) is 0 Å². The lowest BCUT2D eigenvalue weighted by Gasteiger charge is -2.37. The van der Waals surface area contributed by atoms with Gasteiger partial charge < -0.3 is 25.4 Å². The molecule has 31 heavy (non-hydrogen) atoms. The van der Waals surface area contributed by atoms with Crippen LogP contribution in [0.15, 0.2) is 12.1 Å². The van der Waals surface area contributed by atoms with Crippen LogP contribution in [-0.2, 0) is 20.7 Å². The highest BCUT2D eigenvalue weighted by atomic mass is 19.2. The fourth-order valence-electron chi connectivity index (χ4n) is 3.17. The summed E-state index contributed by atoms with van der Waals surface area (Å²) in [6.45, 7) is 5.72. The molecule has 1 aromatic carbocycles. The molecule has 0 aromatic heterocycles. The molecule has 1 aliphatic heterocycles. The molecule has 0 saturated carbocycles. The first-order valence-electron chi connectivity index (χ1n) is 9.71. The van der Waals surface area contributed by atoms with E-state index < -0.39 is 59.5 Å². The van der Waals surface area contributed by atoms with Crippen LogP contribution in [0.1, 0.15) is 32.8 Å². The third-order valence-corrected chi connectivity index (χ3v) is 4.63. The molecule has 1 fully saturated rings. The molecule has 11 heteroatoms. The van der Waals surface area contributed by atoms with Crippen molar-refractivity contribution in [1.82, 2.24) is 15.5 Å². The number of piperazine rings is 1. The van der Waals surface area contributed by atoms with E-state index in [2.05, 4.69) is 10.6 Å². The van der Waals surface area contributed by atoms with Crippen molar-refractivity contribution in [3.05, 3.63) is 35.1 Å². The third kappa shape index (κ3) is 7.12. The molecule has 3 amide bonds. The Morgan fingerprint density at radius 2 is 1.90 bits per heavy atom. The van der Waals surface area contributed by atoms with E-state index in [1.165, 1.54) is 4.90 Å². The number of hydrogen-bond acceptors (Lipinski definition) is 4. The highest BCUT2D eigenvalue weighted by molar-refractivity contribution is 5.89. The standard InChI is InChI=1S/C20H26F3N3O5/c1-20(2,3)31-10-16-18(28)24-4-5-26(16)17(27)8-12(25-19(29)30)6-11-7-14(22)15(23)9-13(11)21/h7,9,12,16,25H,4-6,8,10H2,1-3H3,(H,24,28)(H,29,30). The minimum Gasteiger partial charge on any atom is -0.465 e. The SMILES string of the molecule is CC(C)(C)OCC1C(=O)NCCN1C(=O)CC(Cc1cc(F)c(F)cc1F)NC(=O)O. The second kappa shape index (κ2) is 9.99. The lowest BCUT2D eigenvalue weighted by atomic mass is 10.0. The normalized spacial score (nSPS) is 17.8. The molecule has 2 unspecified atom stereocenters. The van der Waals surface area contributed by atoms with Crippen molar-refractivity contribution < 1.29 is 37.4 Å². The van der Waals surface area contributed by atoms with Crippen molar-refractivity contribution in [1.29, 1.82) is 0 Å². The lowest BCUT2D eigenvalue weighted by Crippen LogP contribution is -2.60. The Hall–Kier alpha value is -2.82. The number of ether oxygens (including phenoxy) is 1. The monoisotopic (exact) mass is 445 g/mol. The fourth-order valence-corrected chi connectivity index (χ4v) is 3.17. The van der Waals surface area contributed by atoms with Crippen molar-refractivity contribution >= 4 is 17.9 Å². The first-order valence-corrected chi connectivity index (χ1v) is 9.71. The van der Waals surface area contributed by atoms with Crippen LogP contribution in [-0.4, -0.2) is 65.3 Å². The Labute approximate surface area is 177 Å². The summed E-state index contributed by atoms with van der Waals surface area (Å²) in [5.41, 5.74) is -0.834. The van der Waals surface area contributed by atoms with E-state index in [9.17, 15) is 27.6 Å². The van der Waals surface area contributed by atoms with Gasteiger partial charge in [0.15, 0.2) is 11.6 Å². The number of amides is 3. The fraction of sp³-hybridized carbons (Fsp3) is 0.550. The molecule has 0 aliphatic carbocycles. The topological polar surface area (TPSA) is 108 Å². The summed E-state index contributed by atoms with van der Waals surface area (Å²) >= 11 is 0. The maximum atomic E-state index is 14.0. The molecule has 1 saturated heterocycles. The Bertz CT molecular complexity index is 844. The minimum absolute atomic E-state index is 0.0596. The second-order valence-corrected chi connectivity index (χ2v) is 8.23. The molecule has 2 atom stereocenters. The second-order valence-electron chi connectivity index (χ2n) is 8.23. The Morgan fingerprint density at radius 3 is 2.52 bits per heavy atom. The van der Waals surface area contributed by atoms with Crippen LogP contribution in [0.2, 0.25) is 0 Å². The molecule has 0 spiro atoms. The van der Waals surface area contributed by atoms with Gasteiger partial charge in [0.2, 0.25) is 11.8 Å². The summed E-state index contributed by atoms with van der Waals surface area (Å²) in [5.74, 6) is -4.68. The van der Waals surface area contributed by atoms with E-state index in [0.29, 0.717) is 12.1 Å². The highest BCUT2D eigenvalue weighted by Gasteiger charge is 2.35. The van der Waals surface area contributed by atoms with Gasteiger partial charge in [0.25, 0.3) is 0 Å². The number of carboxylic acid groups (broad SMARTS) is 1. The van der Waals surface area contributed by atoms with Gasteiger partial charge in [0.05, 0.1) is 12.2 Å². The zero-order valence-electron chi connectivity index (χ0n) is 17.5. The molecule has 1 aliphatic rings. The number of rotatable bonds is 7. The summed E-state index contributed by atoms with van der Waals surface area (Å²) in [7, 11) is 0. The van der Waals surface area contributed by atoms with Crippen molar-refractivity contribution in [2.24, 2.45) is 0 Å². The molecule has 1 heterocycles. The summed E-state index contributed by atoms with van der Waals surface area (Å²) in [4.78, 5) is 37.6. The molecule has 1 aromatic rings. The molecule has 0 radical (unpaired) electrons. The molecule has 0 bridgehead atoms. The average molecular weight is 445 g/mol. The number of hydrogen-bond donors (Lipinski definition) is 3.